The number of rotatable bonds is 3. The molecule has 1 N–H and O–H groups in total. The van der Waals surface area contributed by atoms with Gasteiger partial charge in [0.05, 0.1) is 40.1 Å². The highest BCUT2D eigenvalue weighted by Crippen LogP contribution is 2.47. The van der Waals surface area contributed by atoms with Gasteiger partial charge in [-0.05, 0) is 61.6 Å². The molecule has 181 valence electrons. The van der Waals surface area contributed by atoms with Crippen molar-refractivity contribution in [3.05, 3.63) is 95.8 Å². The fourth-order valence-electron chi connectivity index (χ4n) is 4.06. The zero-order valence-corrected chi connectivity index (χ0v) is 17.7. The number of carbonyl (C=O) groups is 2. The molecule has 2 aliphatic rings. The van der Waals surface area contributed by atoms with Crippen molar-refractivity contribution in [1.29, 1.82) is 10.5 Å². The summed E-state index contributed by atoms with van der Waals surface area (Å²) in [6.45, 7) is 0. The fourth-order valence-corrected chi connectivity index (χ4v) is 4.06. The molecule has 1 atom stereocenters. The van der Waals surface area contributed by atoms with E-state index in [1.807, 2.05) is 0 Å². The summed E-state index contributed by atoms with van der Waals surface area (Å²) in [5, 5.41) is 20.4. The molecule has 1 unspecified atom stereocenters. The lowest BCUT2D eigenvalue weighted by Gasteiger charge is -2.33. The number of anilines is 1. The Morgan fingerprint density at radius 3 is 1.86 bits per heavy atom. The second kappa shape index (κ2) is 8.55. The Labute approximate surface area is 200 Å². The fraction of sp³-hybridized carbons (Fsp3) is 0.125. The van der Waals surface area contributed by atoms with Crippen LogP contribution in [-0.2, 0) is 22.7 Å². The summed E-state index contributed by atoms with van der Waals surface area (Å²) in [5.41, 5.74) is -7.35. The van der Waals surface area contributed by atoms with E-state index in [-0.39, 0.29) is 11.5 Å². The maximum atomic E-state index is 13.7. The van der Waals surface area contributed by atoms with Gasteiger partial charge in [-0.25, -0.2) is 9.69 Å². The molecule has 0 spiro atoms. The summed E-state index contributed by atoms with van der Waals surface area (Å²) in [4.78, 5) is 27.1. The third-order valence-corrected chi connectivity index (χ3v) is 5.68. The molecule has 3 amide bonds. The van der Waals surface area contributed by atoms with Crippen LogP contribution in [0.2, 0.25) is 0 Å². The van der Waals surface area contributed by atoms with Gasteiger partial charge in [0.15, 0.2) is 5.54 Å². The molecule has 2 fully saturated rings. The van der Waals surface area contributed by atoms with E-state index >= 15 is 0 Å². The summed E-state index contributed by atoms with van der Waals surface area (Å²) in [6.07, 6.45) is -4.35. The Balaban J connectivity index is 1.90. The number of carbonyl (C=O) groups excluding carboxylic acids is 2. The Bertz CT molecular complexity index is 1330. The Hall–Kier alpha value is -4.06. The third-order valence-electron chi connectivity index (χ3n) is 5.68. The van der Waals surface area contributed by atoms with Crippen LogP contribution in [0.1, 0.15) is 27.8 Å². The highest BCUT2D eigenvalue weighted by molar-refractivity contribution is 6.24. The molecule has 2 aromatic rings. The van der Waals surface area contributed by atoms with Crippen molar-refractivity contribution >= 4 is 17.6 Å². The minimum Gasteiger partial charge on any atom is -0.318 e. The van der Waals surface area contributed by atoms with Gasteiger partial charge in [0.2, 0.25) is 0 Å². The average molecular weight is 501 g/mol. The standard InChI is InChI=1S/C24H11F6N4O2/c25-23(26,27)18-9-16(7-5-13(18)11-31)22(15-3-1-2-4-15)20(35)34(21(36)33-22)17-8-6-14(12-32)19(10-17)24(28,29)30/h1-10H,(H,33,36). The van der Waals surface area contributed by atoms with Gasteiger partial charge < -0.3 is 5.32 Å². The molecule has 1 saturated heterocycles. The number of hydrogen-bond acceptors (Lipinski definition) is 4. The molecule has 2 aromatic carbocycles. The van der Waals surface area contributed by atoms with Crippen LogP contribution in [0.3, 0.4) is 0 Å². The highest BCUT2D eigenvalue weighted by Gasteiger charge is 2.59. The van der Waals surface area contributed by atoms with E-state index in [9.17, 15) is 35.9 Å². The first kappa shape index (κ1) is 25.0. The van der Waals surface area contributed by atoms with E-state index in [4.69, 9.17) is 10.5 Å². The van der Waals surface area contributed by atoms with Gasteiger partial charge in [0.25, 0.3) is 5.91 Å². The monoisotopic (exact) mass is 501 g/mol. The Morgan fingerprint density at radius 1 is 0.806 bits per heavy atom. The number of nitrogens with zero attached hydrogens (tertiary/aromatic N) is 3. The second-order valence-corrected chi connectivity index (χ2v) is 7.70. The van der Waals surface area contributed by atoms with Crippen LogP contribution in [-0.4, -0.2) is 11.9 Å². The largest absolute Gasteiger partial charge is 0.417 e. The van der Waals surface area contributed by atoms with Gasteiger partial charge >= 0.3 is 18.4 Å². The molecule has 1 aliphatic carbocycles. The third kappa shape index (κ3) is 3.92. The maximum absolute atomic E-state index is 13.7. The second-order valence-electron chi connectivity index (χ2n) is 7.70. The number of benzene rings is 2. The van der Waals surface area contributed by atoms with Crippen molar-refractivity contribution in [1.82, 2.24) is 5.32 Å². The van der Waals surface area contributed by atoms with Gasteiger partial charge in [-0.3, -0.25) is 4.79 Å². The SMILES string of the molecule is N#Cc1ccc(N2C(=O)NC([C]3[CH][CH][CH][CH]3)(c3ccc(C#N)c(C(F)(F)F)c3)C2=O)cc1C(F)(F)F. The van der Waals surface area contributed by atoms with E-state index < -0.39 is 57.8 Å². The predicted molar refractivity (Wildman–Crippen MR) is 110 cm³/mol. The Kier molecular flexibility index (Phi) is 5.95. The molecule has 0 bridgehead atoms. The minimum absolute atomic E-state index is 0.0471. The molecule has 1 saturated carbocycles. The number of imide groups is 1. The minimum atomic E-state index is -4.99. The number of urea groups is 1. The van der Waals surface area contributed by atoms with Crippen molar-refractivity contribution < 1.29 is 35.9 Å². The zero-order chi connectivity index (χ0) is 26.5. The summed E-state index contributed by atoms with van der Waals surface area (Å²) >= 11 is 0. The average Bonchev–Trinajstić information content (AvgIpc) is 3.44. The van der Waals surface area contributed by atoms with E-state index in [0.717, 1.165) is 24.3 Å². The lowest BCUT2D eigenvalue weighted by atomic mass is 9.76. The molecule has 0 aromatic heterocycles. The first-order valence-corrected chi connectivity index (χ1v) is 9.96. The Morgan fingerprint density at radius 2 is 1.33 bits per heavy atom. The van der Waals surface area contributed by atoms with Gasteiger partial charge in [-0.15, -0.1) is 0 Å². The van der Waals surface area contributed by atoms with E-state index in [0.29, 0.717) is 17.0 Å². The quantitative estimate of drug-likeness (QED) is 0.482. The first-order chi connectivity index (χ1) is 16.8. The van der Waals surface area contributed by atoms with Crippen LogP contribution in [0.25, 0.3) is 0 Å². The van der Waals surface area contributed by atoms with Gasteiger partial charge in [0.1, 0.15) is 0 Å². The summed E-state index contributed by atoms with van der Waals surface area (Å²) in [6, 6.07) is 6.22. The van der Waals surface area contributed by atoms with Crippen molar-refractivity contribution in [3.63, 3.8) is 0 Å². The van der Waals surface area contributed by atoms with Crippen LogP contribution >= 0.6 is 0 Å². The van der Waals surface area contributed by atoms with Gasteiger partial charge in [-0.1, -0.05) is 6.07 Å². The highest BCUT2D eigenvalue weighted by atomic mass is 19.4. The zero-order valence-electron chi connectivity index (χ0n) is 17.7. The van der Waals surface area contributed by atoms with Crippen LogP contribution in [0.15, 0.2) is 36.4 Å². The molecule has 36 heavy (non-hydrogen) atoms. The molecule has 4 rings (SSSR count). The van der Waals surface area contributed by atoms with Crippen LogP contribution in [0.5, 0.6) is 0 Å². The van der Waals surface area contributed by atoms with E-state index in [2.05, 4.69) is 5.32 Å². The van der Waals surface area contributed by atoms with Crippen LogP contribution < -0.4 is 10.2 Å². The summed E-state index contributed by atoms with van der Waals surface area (Å²) in [5.74, 6) is -1.12. The number of nitriles is 2. The lowest BCUT2D eigenvalue weighted by molar-refractivity contribution is -0.138. The molecule has 6 nitrogen and oxygen atoms in total. The van der Waals surface area contributed by atoms with E-state index in [1.54, 1.807) is 0 Å². The van der Waals surface area contributed by atoms with Gasteiger partial charge in [-0.2, -0.15) is 36.9 Å². The maximum Gasteiger partial charge on any atom is 0.417 e. The number of hydrogen-bond donors (Lipinski definition) is 1. The normalized spacial score (nSPS) is 20.8. The molecular formula is C24H11F6N4O2. The first-order valence-electron chi connectivity index (χ1n) is 9.96. The van der Waals surface area contributed by atoms with Crippen molar-refractivity contribution in [2.45, 2.75) is 17.9 Å². The van der Waals surface area contributed by atoms with Gasteiger partial charge in [0, 0.05) is 5.92 Å². The van der Waals surface area contributed by atoms with Crippen molar-refractivity contribution in [3.8, 4) is 12.1 Å². The van der Waals surface area contributed by atoms with Crippen molar-refractivity contribution in [2.75, 3.05) is 4.90 Å². The van der Waals surface area contributed by atoms with Crippen LogP contribution in [0.4, 0.5) is 36.8 Å². The number of amides is 3. The molecule has 12 heteroatoms. The number of halogens is 6. The van der Waals surface area contributed by atoms with E-state index in [1.165, 1.54) is 37.8 Å². The molecular weight excluding hydrogens is 490 g/mol. The number of nitrogens with one attached hydrogen (secondary N) is 1. The lowest BCUT2D eigenvalue weighted by Crippen LogP contribution is -2.49. The molecule has 5 radical (unpaired) electrons. The molecule has 1 aliphatic heterocycles. The molecule has 1 heterocycles. The predicted octanol–water partition coefficient (Wildman–Crippen LogP) is 4.82. The number of alkyl halides is 6. The smallest absolute Gasteiger partial charge is 0.318 e. The summed E-state index contributed by atoms with van der Waals surface area (Å²) in [7, 11) is 0. The summed E-state index contributed by atoms with van der Waals surface area (Å²) < 4.78 is 81.4. The van der Waals surface area contributed by atoms with Crippen molar-refractivity contribution in [2.24, 2.45) is 0 Å². The topological polar surface area (TPSA) is 97.0 Å². The van der Waals surface area contributed by atoms with Crippen LogP contribution in [0, 0.1) is 54.3 Å².